The van der Waals surface area contributed by atoms with E-state index in [0.717, 1.165) is 23.7 Å². The lowest BCUT2D eigenvalue weighted by Crippen LogP contribution is -2.36. The lowest BCUT2D eigenvalue weighted by molar-refractivity contribution is 0.225. The summed E-state index contributed by atoms with van der Waals surface area (Å²) in [7, 11) is 1.71. The first-order valence-corrected chi connectivity index (χ1v) is 7.67. The van der Waals surface area contributed by atoms with Crippen LogP contribution in [0.1, 0.15) is 40.2 Å². The van der Waals surface area contributed by atoms with Crippen molar-refractivity contribution in [3.8, 4) is 5.75 Å². The van der Waals surface area contributed by atoms with Gasteiger partial charge in [-0.25, -0.2) is 0 Å². The van der Waals surface area contributed by atoms with Crippen LogP contribution >= 0.6 is 11.6 Å². The van der Waals surface area contributed by atoms with Gasteiger partial charge in [-0.15, -0.1) is 0 Å². The van der Waals surface area contributed by atoms with Crippen molar-refractivity contribution in [2.24, 2.45) is 11.3 Å². The highest BCUT2D eigenvalue weighted by Crippen LogP contribution is 2.32. The Morgan fingerprint density at radius 2 is 1.90 bits per heavy atom. The number of benzene rings is 1. The third-order valence-electron chi connectivity index (χ3n) is 3.71. The summed E-state index contributed by atoms with van der Waals surface area (Å²) in [6.45, 7) is 12.2. The molecular formula is C17H28ClNO. The van der Waals surface area contributed by atoms with Gasteiger partial charge in [0.2, 0.25) is 0 Å². The fraction of sp³-hybridized carbons (Fsp3) is 0.647. The maximum absolute atomic E-state index is 6.13. The maximum atomic E-state index is 6.13. The monoisotopic (exact) mass is 297 g/mol. The largest absolute Gasteiger partial charge is 0.496 e. The van der Waals surface area contributed by atoms with E-state index in [0.29, 0.717) is 12.0 Å². The fourth-order valence-corrected chi connectivity index (χ4v) is 2.43. The average Bonchev–Trinajstić information content (AvgIpc) is 2.33. The SMILES string of the molecule is COc1ccc(Cl)cc1CC(CNC(C)C)C(C)(C)C. The van der Waals surface area contributed by atoms with Crippen LogP contribution in [0.4, 0.5) is 0 Å². The topological polar surface area (TPSA) is 21.3 Å². The van der Waals surface area contributed by atoms with Gasteiger partial charge in [0.1, 0.15) is 5.75 Å². The summed E-state index contributed by atoms with van der Waals surface area (Å²) >= 11 is 6.13. The lowest BCUT2D eigenvalue weighted by atomic mass is 9.77. The highest BCUT2D eigenvalue weighted by molar-refractivity contribution is 6.30. The van der Waals surface area contributed by atoms with Crippen LogP contribution in [0.25, 0.3) is 0 Å². The molecule has 2 nitrogen and oxygen atoms in total. The van der Waals surface area contributed by atoms with Crippen LogP contribution in [0.2, 0.25) is 5.02 Å². The molecule has 1 aromatic carbocycles. The van der Waals surface area contributed by atoms with Crippen molar-refractivity contribution in [3.63, 3.8) is 0 Å². The minimum atomic E-state index is 0.231. The zero-order valence-electron chi connectivity index (χ0n) is 13.6. The van der Waals surface area contributed by atoms with E-state index >= 15 is 0 Å². The summed E-state index contributed by atoms with van der Waals surface area (Å²) in [5, 5.41) is 4.32. The number of ether oxygens (including phenoxy) is 1. The molecule has 0 bridgehead atoms. The molecule has 0 aliphatic heterocycles. The van der Waals surface area contributed by atoms with Gasteiger partial charge in [-0.05, 0) is 48.1 Å². The average molecular weight is 298 g/mol. The molecule has 114 valence electrons. The summed E-state index contributed by atoms with van der Waals surface area (Å²) in [6, 6.07) is 6.35. The molecule has 0 aliphatic rings. The maximum Gasteiger partial charge on any atom is 0.122 e. The molecule has 1 atom stereocenters. The lowest BCUT2D eigenvalue weighted by Gasteiger charge is -2.32. The smallest absolute Gasteiger partial charge is 0.122 e. The molecule has 0 fully saturated rings. The van der Waals surface area contributed by atoms with Crippen LogP contribution in [-0.4, -0.2) is 19.7 Å². The molecule has 0 aromatic heterocycles. The van der Waals surface area contributed by atoms with E-state index in [2.05, 4.69) is 39.9 Å². The summed E-state index contributed by atoms with van der Waals surface area (Å²) in [6.07, 6.45) is 0.965. The number of halogens is 1. The minimum Gasteiger partial charge on any atom is -0.496 e. The second-order valence-corrected chi connectivity index (χ2v) is 7.22. The molecular weight excluding hydrogens is 270 g/mol. The van der Waals surface area contributed by atoms with E-state index in [1.807, 2.05) is 18.2 Å². The van der Waals surface area contributed by atoms with Gasteiger partial charge < -0.3 is 10.1 Å². The molecule has 1 N–H and O–H groups in total. The Morgan fingerprint density at radius 3 is 2.40 bits per heavy atom. The molecule has 3 heteroatoms. The Morgan fingerprint density at radius 1 is 1.25 bits per heavy atom. The molecule has 0 saturated carbocycles. The van der Waals surface area contributed by atoms with Crippen LogP contribution in [0, 0.1) is 11.3 Å². The first-order chi connectivity index (χ1) is 9.24. The third kappa shape index (κ3) is 5.34. The van der Waals surface area contributed by atoms with Gasteiger partial charge in [0.15, 0.2) is 0 Å². The summed E-state index contributed by atoms with van der Waals surface area (Å²) in [4.78, 5) is 0. The van der Waals surface area contributed by atoms with E-state index in [4.69, 9.17) is 16.3 Å². The molecule has 0 amide bonds. The number of rotatable bonds is 6. The summed E-state index contributed by atoms with van der Waals surface area (Å²) in [5.41, 5.74) is 1.42. The third-order valence-corrected chi connectivity index (χ3v) is 3.94. The van der Waals surface area contributed by atoms with Gasteiger partial charge in [-0.2, -0.15) is 0 Å². The Labute approximate surface area is 128 Å². The van der Waals surface area contributed by atoms with Crippen LogP contribution in [0.15, 0.2) is 18.2 Å². The van der Waals surface area contributed by atoms with Gasteiger partial charge in [0, 0.05) is 11.1 Å². The van der Waals surface area contributed by atoms with Crippen LogP contribution in [-0.2, 0) is 6.42 Å². The fourth-order valence-electron chi connectivity index (χ4n) is 2.23. The quantitative estimate of drug-likeness (QED) is 0.831. The van der Waals surface area contributed by atoms with E-state index in [1.54, 1.807) is 7.11 Å². The van der Waals surface area contributed by atoms with Crippen LogP contribution in [0.5, 0.6) is 5.75 Å². The van der Waals surface area contributed by atoms with Gasteiger partial charge >= 0.3 is 0 Å². The molecule has 20 heavy (non-hydrogen) atoms. The molecule has 0 radical (unpaired) electrons. The second-order valence-electron chi connectivity index (χ2n) is 6.79. The van der Waals surface area contributed by atoms with Gasteiger partial charge in [-0.3, -0.25) is 0 Å². The molecule has 0 spiro atoms. The second kappa shape index (κ2) is 7.33. The molecule has 1 unspecified atom stereocenters. The highest BCUT2D eigenvalue weighted by Gasteiger charge is 2.26. The predicted molar refractivity (Wildman–Crippen MR) is 87.8 cm³/mol. The zero-order valence-corrected chi connectivity index (χ0v) is 14.3. The van der Waals surface area contributed by atoms with Crippen molar-refractivity contribution in [3.05, 3.63) is 28.8 Å². The molecule has 1 rings (SSSR count). The summed E-state index contributed by atoms with van der Waals surface area (Å²) < 4.78 is 5.46. The Kier molecular flexibility index (Phi) is 6.35. The Balaban J connectivity index is 2.91. The van der Waals surface area contributed by atoms with E-state index in [1.165, 1.54) is 5.56 Å². The highest BCUT2D eigenvalue weighted by atomic mass is 35.5. The van der Waals surface area contributed by atoms with Gasteiger partial charge in [-0.1, -0.05) is 46.2 Å². The summed E-state index contributed by atoms with van der Waals surface area (Å²) in [5.74, 6) is 1.45. The van der Waals surface area contributed by atoms with E-state index < -0.39 is 0 Å². The predicted octanol–water partition coefficient (Wildman–Crippen LogP) is 4.55. The van der Waals surface area contributed by atoms with E-state index in [-0.39, 0.29) is 5.41 Å². The number of nitrogens with one attached hydrogen (secondary N) is 1. The standard InChI is InChI=1S/C17H28ClNO/c1-12(2)19-11-14(17(3,4)5)9-13-10-15(18)7-8-16(13)20-6/h7-8,10,12,14,19H,9,11H2,1-6H3. The van der Waals surface area contributed by atoms with Gasteiger partial charge in [0.25, 0.3) is 0 Å². The van der Waals surface area contributed by atoms with Crippen molar-refractivity contribution in [2.75, 3.05) is 13.7 Å². The molecule has 0 saturated heterocycles. The first kappa shape index (κ1) is 17.3. The number of methoxy groups -OCH3 is 1. The van der Waals surface area contributed by atoms with Crippen molar-refractivity contribution in [2.45, 2.75) is 47.1 Å². The number of hydrogen-bond donors (Lipinski definition) is 1. The normalized spacial score (nSPS) is 13.6. The Bertz CT molecular complexity index is 423. The Hall–Kier alpha value is -0.730. The van der Waals surface area contributed by atoms with E-state index in [9.17, 15) is 0 Å². The molecule has 0 heterocycles. The molecule has 1 aromatic rings. The van der Waals surface area contributed by atoms with Crippen molar-refractivity contribution in [1.82, 2.24) is 5.32 Å². The van der Waals surface area contributed by atoms with Crippen molar-refractivity contribution in [1.29, 1.82) is 0 Å². The number of hydrogen-bond acceptors (Lipinski definition) is 2. The molecule has 0 aliphatic carbocycles. The van der Waals surface area contributed by atoms with Crippen molar-refractivity contribution < 1.29 is 4.74 Å². The zero-order chi connectivity index (χ0) is 15.3. The van der Waals surface area contributed by atoms with Gasteiger partial charge in [0.05, 0.1) is 7.11 Å². The first-order valence-electron chi connectivity index (χ1n) is 7.30. The van der Waals surface area contributed by atoms with Crippen molar-refractivity contribution >= 4 is 11.6 Å². The minimum absolute atomic E-state index is 0.231. The van der Waals surface area contributed by atoms with Crippen LogP contribution < -0.4 is 10.1 Å². The van der Waals surface area contributed by atoms with Crippen LogP contribution in [0.3, 0.4) is 0 Å².